The molecule has 0 amide bonds. The summed E-state index contributed by atoms with van der Waals surface area (Å²) in [4.78, 5) is 0. The smallest absolute Gasteiger partial charge is 0.0595 e. The maximum atomic E-state index is 5.94. The van der Waals surface area contributed by atoms with Gasteiger partial charge in [-0.25, -0.2) is 0 Å². The van der Waals surface area contributed by atoms with Gasteiger partial charge in [-0.2, -0.15) is 0 Å². The third-order valence-corrected chi connectivity index (χ3v) is 3.08. The van der Waals surface area contributed by atoms with Gasteiger partial charge in [-0.1, -0.05) is 42.6 Å². The largest absolute Gasteiger partial charge is 0.330 e. The standard InChI is InChI=1S/C11H15Cl2N.2ClH/c1-2-3-9(7-14)8-4-5-10(12)11(13)6-8;;/h4-6,9H,2-3,7,14H2,1H3;2*1H. The molecule has 5 heteroatoms. The third-order valence-electron chi connectivity index (χ3n) is 2.34. The first-order valence-electron chi connectivity index (χ1n) is 4.84. The average Bonchev–Trinajstić information content (AvgIpc) is 2.19. The highest BCUT2D eigenvalue weighted by molar-refractivity contribution is 6.42. The van der Waals surface area contributed by atoms with Crippen molar-refractivity contribution in [3.8, 4) is 0 Å². The quantitative estimate of drug-likeness (QED) is 0.859. The molecule has 0 saturated heterocycles. The summed E-state index contributed by atoms with van der Waals surface area (Å²) in [5.74, 6) is 0.398. The number of benzene rings is 1. The van der Waals surface area contributed by atoms with E-state index in [1.165, 1.54) is 5.56 Å². The van der Waals surface area contributed by atoms with E-state index in [1.807, 2.05) is 18.2 Å². The fourth-order valence-electron chi connectivity index (χ4n) is 1.54. The Balaban J connectivity index is 0. The zero-order valence-electron chi connectivity index (χ0n) is 9.08. The fourth-order valence-corrected chi connectivity index (χ4v) is 1.84. The van der Waals surface area contributed by atoms with Gasteiger partial charge in [0.15, 0.2) is 0 Å². The van der Waals surface area contributed by atoms with E-state index in [9.17, 15) is 0 Å². The van der Waals surface area contributed by atoms with Crippen molar-refractivity contribution in [1.82, 2.24) is 0 Å². The molecule has 1 unspecified atom stereocenters. The summed E-state index contributed by atoms with van der Waals surface area (Å²) in [6, 6.07) is 5.75. The molecule has 0 saturated carbocycles. The van der Waals surface area contributed by atoms with E-state index in [4.69, 9.17) is 28.9 Å². The van der Waals surface area contributed by atoms with Gasteiger partial charge >= 0.3 is 0 Å². The Morgan fingerprint density at radius 3 is 2.25 bits per heavy atom. The molecule has 0 heterocycles. The van der Waals surface area contributed by atoms with E-state index in [1.54, 1.807) is 0 Å². The molecule has 1 rings (SSSR count). The van der Waals surface area contributed by atoms with Crippen molar-refractivity contribution in [2.24, 2.45) is 5.73 Å². The van der Waals surface area contributed by atoms with E-state index in [2.05, 4.69) is 6.92 Å². The predicted octanol–water partition coefficient (Wildman–Crippen LogP) is 4.68. The molecule has 0 aliphatic rings. The molecule has 1 nitrogen and oxygen atoms in total. The van der Waals surface area contributed by atoms with Crippen LogP contribution in [-0.2, 0) is 0 Å². The van der Waals surface area contributed by atoms with E-state index in [-0.39, 0.29) is 24.8 Å². The van der Waals surface area contributed by atoms with E-state index < -0.39 is 0 Å². The third kappa shape index (κ3) is 5.11. The maximum Gasteiger partial charge on any atom is 0.0595 e. The van der Waals surface area contributed by atoms with Gasteiger partial charge in [0.1, 0.15) is 0 Å². The normalized spacial score (nSPS) is 11.2. The zero-order valence-corrected chi connectivity index (χ0v) is 12.2. The lowest BCUT2D eigenvalue weighted by Gasteiger charge is -2.14. The molecule has 1 aromatic carbocycles. The van der Waals surface area contributed by atoms with Crippen LogP contribution in [0.1, 0.15) is 31.2 Å². The molecule has 0 aromatic heterocycles. The van der Waals surface area contributed by atoms with Crippen molar-refractivity contribution in [3.05, 3.63) is 33.8 Å². The number of hydrogen-bond donors (Lipinski definition) is 1. The highest BCUT2D eigenvalue weighted by atomic mass is 35.5. The van der Waals surface area contributed by atoms with Gasteiger partial charge in [-0.05, 0) is 36.6 Å². The molecule has 2 N–H and O–H groups in total. The van der Waals surface area contributed by atoms with Gasteiger partial charge in [0.2, 0.25) is 0 Å². The second-order valence-electron chi connectivity index (χ2n) is 3.39. The highest BCUT2D eigenvalue weighted by Crippen LogP contribution is 2.28. The first-order valence-corrected chi connectivity index (χ1v) is 5.59. The van der Waals surface area contributed by atoms with Crippen LogP contribution in [0.15, 0.2) is 18.2 Å². The Bertz CT molecular complexity index is 304. The molecule has 0 fully saturated rings. The molecule has 0 bridgehead atoms. The Kier molecular flexibility index (Phi) is 11.0. The summed E-state index contributed by atoms with van der Waals surface area (Å²) < 4.78 is 0. The minimum Gasteiger partial charge on any atom is -0.330 e. The summed E-state index contributed by atoms with van der Waals surface area (Å²) in [6.45, 7) is 2.81. The minimum absolute atomic E-state index is 0. The lowest BCUT2D eigenvalue weighted by atomic mass is 9.95. The average molecular weight is 305 g/mol. The van der Waals surface area contributed by atoms with Crippen LogP contribution in [0.5, 0.6) is 0 Å². The molecule has 16 heavy (non-hydrogen) atoms. The topological polar surface area (TPSA) is 26.0 Å². The van der Waals surface area contributed by atoms with Gasteiger partial charge in [-0.15, -0.1) is 24.8 Å². The molecule has 0 spiro atoms. The monoisotopic (exact) mass is 303 g/mol. The van der Waals surface area contributed by atoms with Crippen molar-refractivity contribution in [2.75, 3.05) is 6.54 Å². The van der Waals surface area contributed by atoms with Crippen LogP contribution in [-0.4, -0.2) is 6.54 Å². The van der Waals surface area contributed by atoms with Crippen molar-refractivity contribution in [3.63, 3.8) is 0 Å². The lowest BCUT2D eigenvalue weighted by molar-refractivity contribution is 0.622. The number of rotatable bonds is 4. The zero-order chi connectivity index (χ0) is 10.6. The number of halogens is 4. The predicted molar refractivity (Wildman–Crippen MR) is 77.7 cm³/mol. The first kappa shape index (κ1) is 18.7. The van der Waals surface area contributed by atoms with Crippen molar-refractivity contribution < 1.29 is 0 Å². The molecule has 94 valence electrons. The van der Waals surface area contributed by atoms with E-state index >= 15 is 0 Å². The van der Waals surface area contributed by atoms with Gasteiger partial charge in [0.25, 0.3) is 0 Å². The van der Waals surface area contributed by atoms with Crippen molar-refractivity contribution >= 4 is 48.0 Å². The Morgan fingerprint density at radius 1 is 1.19 bits per heavy atom. The van der Waals surface area contributed by atoms with Crippen LogP contribution in [0.4, 0.5) is 0 Å². The van der Waals surface area contributed by atoms with Gasteiger partial charge in [0, 0.05) is 0 Å². The van der Waals surface area contributed by atoms with E-state index in [0.29, 0.717) is 22.5 Å². The van der Waals surface area contributed by atoms with Crippen LogP contribution in [0.3, 0.4) is 0 Å². The minimum atomic E-state index is 0. The summed E-state index contributed by atoms with van der Waals surface area (Å²) in [7, 11) is 0. The van der Waals surface area contributed by atoms with Crippen LogP contribution in [0, 0.1) is 0 Å². The van der Waals surface area contributed by atoms with Gasteiger partial charge in [-0.3, -0.25) is 0 Å². The summed E-state index contributed by atoms with van der Waals surface area (Å²) in [5, 5.41) is 1.21. The Morgan fingerprint density at radius 2 is 1.81 bits per heavy atom. The van der Waals surface area contributed by atoms with E-state index in [0.717, 1.165) is 12.8 Å². The van der Waals surface area contributed by atoms with Crippen LogP contribution < -0.4 is 5.73 Å². The SMILES string of the molecule is CCCC(CN)c1ccc(Cl)c(Cl)c1.Cl.Cl. The molecular weight excluding hydrogens is 288 g/mol. The Hall–Kier alpha value is 0.340. The van der Waals surface area contributed by atoms with Gasteiger partial charge in [0.05, 0.1) is 10.0 Å². The number of nitrogens with two attached hydrogens (primary N) is 1. The lowest BCUT2D eigenvalue weighted by Crippen LogP contribution is -2.12. The van der Waals surface area contributed by atoms with Crippen LogP contribution >= 0.6 is 48.0 Å². The van der Waals surface area contributed by atoms with Crippen LogP contribution in [0.25, 0.3) is 0 Å². The number of hydrogen-bond acceptors (Lipinski definition) is 1. The van der Waals surface area contributed by atoms with Gasteiger partial charge < -0.3 is 5.73 Å². The fraction of sp³-hybridized carbons (Fsp3) is 0.455. The molecule has 0 radical (unpaired) electrons. The maximum absolute atomic E-state index is 5.94. The summed E-state index contributed by atoms with van der Waals surface area (Å²) in [5.41, 5.74) is 6.89. The molecule has 1 atom stereocenters. The highest BCUT2D eigenvalue weighted by Gasteiger charge is 2.09. The summed E-state index contributed by atoms with van der Waals surface area (Å²) >= 11 is 11.8. The summed E-state index contributed by atoms with van der Waals surface area (Å²) in [6.07, 6.45) is 2.22. The molecule has 1 aromatic rings. The second kappa shape index (κ2) is 9.38. The molecular formula is C11H17Cl4N. The molecule has 0 aliphatic heterocycles. The van der Waals surface area contributed by atoms with Crippen molar-refractivity contribution in [1.29, 1.82) is 0 Å². The van der Waals surface area contributed by atoms with Crippen LogP contribution in [0.2, 0.25) is 10.0 Å². The second-order valence-corrected chi connectivity index (χ2v) is 4.21. The first-order chi connectivity index (χ1) is 6.69. The molecule has 0 aliphatic carbocycles. The van der Waals surface area contributed by atoms with Crippen molar-refractivity contribution in [2.45, 2.75) is 25.7 Å². The Labute approximate surface area is 120 Å².